The maximum Gasteiger partial charge on any atom is 0.318 e. The van der Waals surface area contributed by atoms with Crippen LogP contribution in [0.2, 0.25) is 0 Å². The van der Waals surface area contributed by atoms with E-state index < -0.39 is 0 Å². The Kier molecular flexibility index (Phi) is 2.52. The van der Waals surface area contributed by atoms with Crippen LogP contribution in [0.3, 0.4) is 0 Å². The van der Waals surface area contributed by atoms with Gasteiger partial charge in [-0.25, -0.2) is 9.37 Å². The molecule has 2 heterocycles. The Morgan fingerprint density at radius 3 is 2.95 bits per heavy atom. The van der Waals surface area contributed by atoms with Gasteiger partial charge in [0.1, 0.15) is 11.3 Å². The molecular formula is C12H10FN5O. The van der Waals surface area contributed by atoms with Gasteiger partial charge in [-0.3, -0.25) is 0 Å². The predicted molar refractivity (Wildman–Crippen MR) is 67.8 cm³/mol. The number of halogens is 1. The van der Waals surface area contributed by atoms with Crippen molar-refractivity contribution in [3.63, 3.8) is 0 Å². The van der Waals surface area contributed by atoms with Crippen LogP contribution in [0.15, 0.2) is 30.6 Å². The van der Waals surface area contributed by atoms with Gasteiger partial charge in [-0.05, 0) is 18.2 Å². The molecule has 0 aliphatic heterocycles. The minimum absolute atomic E-state index is 0.344. The van der Waals surface area contributed by atoms with Crippen LogP contribution in [0.5, 0.6) is 6.01 Å². The molecule has 0 aliphatic rings. The van der Waals surface area contributed by atoms with Gasteiger partial charge in [0, 0.05) is 12.7 Å². The molecule has 19 heavy (non-hydrogen) atoms. The van der Waals surface area contributed by atoms with Crippen LogP contribution in [0.1, 0.15) is 0 Å². The first-order valence-corrected chi connectivity index (χ1v) is 5.54. The molecular weight excluding hydrogens is 249 g/mol. The molecule has 3 aromatic rings. The first-order chi connectivity index (χ1) is 9.15. The largest absolute Gasteiger partial charge is 0.479 e. The zero-order chi connectivity index (χ0) is 13.4. The second-order valence-electron chi connectivity index (χ2n) is 3.99. The van der Waals surface area contributed by atoms with Gasteiger partial charge in [0.2, 0.25) is 0 Å². The zero-order valence-electron chi connectivity index (χ0n) is 10.0. The Bertz CT molecular complexity index is 742. The maximum atomic E-state index is 13.2. The molecule has 0 atom stereocenters. The van der Waals surface area contributed by atoms with Crippen LogP contribution in [-0.2, 0) is 0 Å². The van der Waals surface area contributed by atoms with E-state index in [1.54, 1.807) is 24.1 Å². The summed E-state index contributed by atoms with van der Waals surface area (Å²) in [6.45, 7) is 0. The summed E-state index contributed by atoms with van der Waals surface area (Å²) in [6.07, 6.45) is 1.46. The number of nitrogens with zero attached hydrogens (tertiary/aromatic N) is 4. The number of fused-ring (bicyclic) bond motifs is 1. The molecule has 2 aromatic heterocycles. The molecule has 7 heteroatoms. The Balaban J connectivity index is 2.15. The SMILES string of the molecule is CN(c1cccc(F)c1)c1nc(O)nc2nc[nH]c12. The van der Waals surface area contributed by atoms with Gasteiger partial charge in [-0.1, -0.05) is 6.07 Å². The summed E-state index contributed by atoms with van der Waals surface area (Å²) in [5, 5.41) is 9.50. The van der Waals surface area contributed by atoms with Crippen LogP contribution in [0.25, 0.3) is 11.2 Å². The number of nitrogens with one attached hydrogen (secondary N) is 1. The van der Waals surface area contributed by atoms with E-state index in [4.69, 9.17) is 0 Å². The highest BCUT2D eigenvalue weighted by molar-refractivity contribution is 5.86. The standard InChI is InChI=1S/C12H10FN5O/c1-18(8-4-2-3-7(13)5-8)11-9-10(15-6-14-9)16-12(19)17-11/h2-6H,1H3,(H2,14,15,16,17,19). The maximum absolute atomic E-state index is 13.2. The molecule has 0 amide bonds. The number of aromatic nitrogens is 4. The van der Waals surface area contributed by atoms with Crippen LogP contribution in [0, 0.1) is 5.82 Å². The average Bonchev–Trinajstić information content (AvgIpc) is 2.85. The number of rotatable bonds is 2. The summed E-state index contributed by atoms with van der Waals surface area (Å²) in [7, 11) is 1.72. The smallest absolute Gasteiger partial charge is 0.318 e. The van der Waals surface area contributed by atoms with E-state index in [2.05, 4.69) is 19.9 Å². The molecule has 0 bridgehead atoms. The summed E-state index contributed by atoms with van der Waals surface area (Å²) in [5.74, 6) is 0.0779. The third-order valence-electron chi connectivity index (χ3n) is 2.77. The summed E-state index contributed by atoms with van der Waals surface area (Å²) >= 11 is 0. The van der Waals surface area contributed by atoms with Crippen molar-refractivity contribution in [1.29, 1.82) is 0 Å². The fourth-order valence-corrected chi connectivity index (χ4v) is 1.86. The van der Waals surface area contributed by atoms with Gasteiger partial charge in [0.15, 0.2) is 11.5 Å². The van der Waals surface area contributed by atoms with Gasteiger partial charge < -0.3 is 15.0 Å². The van der Waals surface area contributed by atoms with E-state index in [1.807, 2.05) is 0 Å². The van der Waals surface area contributed by atoms with Crippen LogP contribution >= 0.6 is 0 Å². The highest BCUT2D eigenvalue weighted by Gasteiger charge is 2.14. The highest BCUT2D eigenvalue weighted by Crippen LogP contribution is 2.28. The van der Waals surface area contributed by atoms with Crippen molar-refractivity contribution in [2.24, 2.45) is 0 Å². The molecule has 0 aliphatic carbocycles. The number of H-pyrrole nitrogens is 1. The van der Waals surface area contributed by atoms with Crippen molar-refractivity contribution in [3.8, 4) is 6.01 Å². The topological polar surface area (TPSA) is 77.9 Å². The first-order valence-electron chi connectivity index (χ1n) is 5.54. The van der Waals surface area contributed by atoms with Gasteiger partial charge in [0.25, 0.3) is 0 Å². The van der Waals surface area contributed by atoms with Crippen LogP contribution in [-0.4, -0.2) is 32.1 Å². The summed E-state index contributed by atoms with van der Waals surface area (Å²) < 4.78 is 13.2. The number of aromatic amines is 1. The molecule has 0 fully saturated rings. The van der Waals surface area contributed by atoms with Crippen LogP contribution < -0.4 is 4.90 Å². The second-order valence-corrected chi connectivity index (χ2v) is 3.99. The van der Waals surface area contributed by atoms with Crippen molar-refractivity contribution in [2.75, 3.05) is 11.9 Å². The first kappa shape index (κ1) is 11.4. The summed E-state index contributed by atoms with van der Waals surface area (Å²) in [5.41, 5.74) is 1.53. The van der Waals surface area contributed by atoms with Crippen LogP contribution in [0.4, 0.5) is 15.9 Å². The van der Waals surface area contributed by atoms with Gasteiger partial charge in [-0.15, -0.1) is 0 Å². The number of imidazole rings is 1. The lowest BCUT2D eigenvalue weighted by Gasteiger charge is -2.18. The monoisotopic (exact) mass is 259 g/mol. The zero-order valence-corrected chi connectivity index (χ0v) is 10.0. The normalized spacial score (nSPS) is 10.8. The lowest BCUT2D eigenvalue weighted by atomic mass is 10.3. The molecule has 0 unspecified atom stereocenters. The van der Waals surface area contributed by atoms with Crippen molar-refractivity contribution in [3.05, 3.63) is 36.4 Å². The molecule has 3 rings (SSSR count). The van der Waals surface area contributed by atoms with Crippen molar-refractivity contribution in [1.82, 2.24) is 19.9 Å². The summed E-state index contributed by atoms with van der Waals surface area (Å²) in [4.78, 5) is 16.3. The average molecular weight is 259 g/mol. The third-order valence-corrected chi connectivity index (χ3v) is 2.77. The molecule has 0 saturated heterocycles. The summed E-state index contributed by atoms with van der Waals surface area (Å²) in [6, 6.07) is 5.71. The van der Waals surface area contributed by atoms with Crippen molar-refractivity contribution in [2.45, 2.75) is 0 Å². The number of benzene rings is 1. The minimum atomic E-state index is -0.377. The van der Waals surface area contributed by atoms with Gasteiger partial charge >= 0.3 is 6.01 Å². The van der Waals surface area contributed by atoms with E-state index >= 15 is 0 Å². The van der Waals surface area contributed by atoms with Gasteiger partial charge in [-0.2, -0.15) is 9.97 Å². The molecule has 96 valence electrons. The molecule has 6 nitrogen and oxygen atoms in total. The molecule has 2 N–H and O–H groups in total. The molecule has 0 radical (unpaired) electrons. The predicted octanol–water partition coefficient (Wildman–Crippen LogP) is 1.97. The fourth-order valence-electron chi connectivity index (χ4n) is 1.86. The van der Waals surface area contributed by atoms with E-state index in [1.165, 1.54) is 18.5 Å². The minimum Gasteiger partial charge on any atom is -0.479 e. The van der Waals surface area contributed by atoms with Crippen molar-refractivity contribution >= 4 is 22.7 Å². The second kappa shape index (κ2) is 4.20. The Morgan fingerprint density at radius 1 is 1.32 bits per heavy atom. The third kappa shape index (κ3) is 1.95. The van der Waals surface area contributed by atoms with Gasteiger partial charge in [0.05, 0.1) is 6.33 Å². The molecule has 1 aromatic carbocycles. The number of hydrogen-bond donors (Lipinski definition) is 2. The number of aromatic hydroxyl groups is 1. The fraction of sp³-hybridized carbons (Fsp3) is 0.0833. The lowest BCUT2D eigenvalue weighted by molar-refractivity contribution is 0.433. The number of hydrogen-bond acceptors (Lipinski definition) is 5. The Labute approximate surface area is 107 Å². The quantitative estimate of drug-likeness (QED) is 0.735. The van der Waals surface area contributed by atoms with E-state index in [0.717, 1.165) is 0 Å². The van der Waals surface area contributed by atoms with E-state index in [0.29, 0.717) is 22.7 Å². The molecule has 0 saturated carbocycles. The Hall–Kier alpha value is -2.70. The molecule has 0 spiro atoms. The highest BCUT2D eigenvalue weighted by atomic mass is 19.1. The van der Waals surface area contributed by atoms with Crippen molar-refractivity contribution < 1.29 is 9.50 Å². The number of anilines is 2. The van der Waals surface area contributed by atoms with E-state index in [-0.39, 0.29) is 11.8 Å². The Morgan fingerprint density at radius 2 is 2.16 bits per heavy atom. The lowest BCUT2D eigenvalue weighted by Crippen LogP contribution is -2.12. The van der Waals surface area contributed by atoms with E-state index in [9.17, 15) is 9.50 Å².